The highest BCUT2D eigenvalue weighted by Crippen LogP contribution is 2.38. The van der Waals surface area contributed by atoms with Crippen molar-refractivity contribution >= 4 is 21.9 Å². The van der Waals surface area contributed by atoms with E-state index in [0.29, 0.717) is 10.2 Å². The molecule has 4 heteroatoms. The van der Waals surface area contributed by atoms with Crippen LogP contribution in [0.15, 0.2) is 16.6 Å². The smallest absolute Gasteiger partial charge is 0.336 e. The first kappa shape index (κ1) is 13.0. The van der Waals surface area contributed by atoms with E-state index in [1.807, 2.05) is 0 Å². The van der Waals surface area contributed by atoms with Crippen LogP contribution in [-0.2, 0) is 5.41 Å². The summed E-state index contributed by atoms with van der Waals surface area (Å²) in [7, 11) is 1.54. The highest BCUT2D eigenvalue weighted by molar-refractivity contribution is 9.10. The number of hydrogen-bond acceptors (Lipinski definition) is 2. The molecule has 0 aromatic heterocycles. The number of halogens is 1. The summed E-state index contributed by atoms with van der Waals surface area (Å²) in [5.41, 5.74) is 1.10. The summed E-state index contributed by atoms with van der Waals surface area (Å²) in [6.45, 7) is 6.16. The molecule has 3 nitrogen and oxygen atoms in total. The van der Waals surface area contributed by atoms with Gasteiger partial charge in [0.15, 0.2) is 0 Å². The second kappa shape index (κ2) is 4.45. The molecule has 0 bridgehead atoms. The Hall–Kier alpha value is -1.03. The highest BCUT2D eigenvalue weighted by Gasteiger charge is 2.23. The molecule has 0 saturated carbocycles. The van der Waals surface area contributed by atoms with Crippen molar-refractivity contribution in [2.24, 2.45) is 0 Å². The summed E-state index contributed by atoms with van der Waals surface area (Å²) in [6, 6.07) is 3.39. The molecule has 0 aliphatic carbocycles. The van der Waals surface area contributed by atoms with Crippen LogP contribution in [0.1, 0.15) is 36.7 Å². The molecule has 1 aromatic carbocycles. The lowest BCUT2D eigenvalue weighted by molar-refractivity contribution is 0.0695. The molecular weight excluding hydrogens is 272 g/mol. The average molecular weight is 287 g/mol. The SMILES string of the molecule is COc1c(C(C)(C)C)ccc(C(=O)O)c1Br. The largest absolute Gasteiger partial charge is 0.495 e. The zero-order valence-corrected chi connectivity index (χ0v) is 11.4. The lowest BCUT2D eigenvalue weighted by Crippen LogP contribution is -2.14. The van der Waals surface area contributed by atoms with E-state index >= 15 is 0 Å². The molecule has 0 fully saturated rings. The van der Waals surface area contributed by atoms with Crippen molar-refractivity contribution in [2.45, 2.75) is 26.2 Å². The van der Waals surface area contributed by atoms with Gasteiger partial charge in [0.1, 0.15) is 5.75 Å². The third-order valence-electron chi connectivity index (χ3n) is 2.34. The van der Waals surface area contributed by atoms with Crippen LogP contribution in [0.4, 0.5) is 0 Å². The minimum atomic E-state index is -0.967. The van der Waals surface area contributed by atoms with Crippen LogP contribution >= 0.6 is 15.9 Å². The number of ether oxygens (including phenoxy) is 1. The molecule has 0 aliphatic rings. The Kier molecular flexibility index (Phi) is 3.63. The van der Waals surface area contributed by atoms with Crippen LogP contribution < -0.4 is 4.74 Å². The van der Waals surface area contributed by atoms with E-state index in [-0.39, 0.29) is 11.0 Å². The number of carbonyl (C=O) groups is 1. The fourth-order valence-electron chi connectivity index (χ4n) is 1.51. The maximum atomic E-state index is 11.0. The maximum Gasteiger partial charge on any atom is 0.336 e. The first-order chi connectivity index (χ1) is 7.29. The Morgan fingerprint density at radius 2 is 1.94 bits per heavy atom. The van der Waals surface area contributed by atoms with E-state index in [4.69, 9.17) is 9.84 Å². The van der Waals surface area contributed by atoms with Gasteiger partial charge in [0.2, 0.25) is 0 Å². The van der Waals surface area contributed by atoms with Gasteiger partial charge < -0.3 is 9.84 Å². The Balaban J connectivity index is 3.47. The Morgan fingerprint density at radius 1 is 1.38 bits per heavy atom. The normalized spacial score (nSPS) is 11.3. The van der Waals surface area contributed by atoms with Crippen molar-refractivity contribution in [3.63, 3.8) is 0 Å². The number of aromatic carboxylic acids is 1. The standard InChI is InChI=1S/C12H15BrO3/c1-12(2,3)8-6-5-7(11(14)15)9(13)10(8)16-4/h5-6H,1-4H3,(H,14,15). The van der Waals surface area contributed by atoms with Gasteiger partial charge in [-0.05, 0) is 27.4 Å². The van der Waals surface area contributed by atoms with Gasteiger partial charge >= 0.3 is 5.97 Å². The molecule has 0 heterocycles. The number of hydrogen-bond donors (Lipinski definition) is 1. The quantitative estimate of drug-likeness (QED) is 0.906. The van der Waals surface area contributed by atoms with Crippen LogP contribution in [0.3, 0.4) is 0 Å². The zero-order chi connectivity index (χ0) is 12.5. The first-order valence-corrected chi connectivity index (χ1v) is 5.68. The van der Waals surface area contributed by atoms with Crippen molar-refractivity contribution in [3.8, 4) is 5.75 Å². The molecule has 0 radical (unpaired) electrons. The van der Waals surface area contributed by atoms with E-state index in [9.17, 15) is 4.79 Å². The fraction of sp³-hybridized carbons (Fsp3) is 0.417. The van der Waals surface area contributed by atoms with Gasteiger partial charge in [0, 0.05) is 5.56 Å². The average Bonchev–Trinajstić information content (AvgIpc) is 2.15. The van der Waals surface area contributed by atoms with E-state index in [1.54, 1.807) is 19.2 Å². The molecule has 0 saturated heterocycles. The number of carboxylic acid groups (broad SMARTS) is 1. The van der Waals surface area contributed by atoms with Crippen molar-refractivity contribution < 1.29 is 14.6 Å². The maximum absolute atomic E-state index is 11.0. The Bertz CT molecular complexity index is 419. The Morgan fingerprint density at radius 3 is 2.31 bits per heavy atom. The second-order valence-electron chi connectivity index (χ2n) is 4.56. The van der Waals surface area contributed by atoms with Crippen LogP contribution in [-0.4, -0.2) is 18.2 Å². The second-order valence-corrected chi connectivity index (χ2v) is 5.36. The molecule has 88 valence electrons. The van der Waals surface area contributed by atoms with E-state index in [2.05, 4.69) is 36.7 Å². The number of benzene rings is 1. The summed E-state index contributed by atoms with van der Waals surface area (Å²) in [6.07, 6.45) is 0. The molecule has 0 unspecified atom stereocenters. The monoisotopic (exact) mass is 286 g/mol. The molecule has 0 aliphatic heterocycles. The van der Waals surface area contributed by atoms with Gasteiger partial charge in [-0.15, -0.1) is 0 Å². The van der Waals surface area contributed by atoms with Gasteiger partial charge in [0.25, 0.3) is 0 Å². The van der Waals surface area contributed by atoms with Crippen LogP contribution in [0, 0.1) is 0 Å². The molecule has 0 spiro atoms. The van der Waals surface area contributed by atoms with Gasteiger partial charge in [0.05, 0.1) is 17.1 Å². The molecule has 16 heavy (non-hydrogen) atoms. The summed E-state index contributed by atoms with van der Waals surface area (Å²) in [4.78, 5) is 11.0. The highest BCUT2D eigenvalue weighted by atomic mass is 79.9. The van der Waals surface area contributed by atoms with Gasteiger partial charge in [-0.3, -0.25) is 0 Å². The molecule has 1 N–H and O–H groups in total. The van der Waals surface area contributed by atoms with Crippen LogP contribution in [0.25, 0.3) is 0 Å². The third kappa shape index (κ3) is 2.38. The van der Waals surface area contributed by atoms with Crippen LogP contribution in [0.2, 0.25) is 0 Å². The molecule has 1 aromatic rings. The van der Waals surface area contributed by atoms with E-state index in [0.717, 1.165) is 5.56 Å². The molecule has 1 rings (SSSR count). The van der Waals surface area contributed by atoms with E-state index in [1.165, 1.54) is 0 Å². The summed E-state index contributed by atoms with van der Waals surface area (Å²) in [5.74, 6) is -0.377. The zero-order valence-electron chi connectivity index (χ0n) is 9.80. The van der Waals surface area contributed by atoms with Crippen molar-refractivity contribution in [1.29, 1.82) is 0 Å². The molecule has 0 amide bonds. The molecule has 0 atom stereocenters. The topological polar surface area (TPSA) is 46.5 Å². The van der Waals surface area contributed by atoms with Gasteiger partial charge in [-0.2, -0.15) is 0 Å². The summed E-state index contributed by atoms with van der Waals surface area (Å²) < 4.78 is 5.78. The van der Waals surface area contributed by atoms with Crippen LogP contribution in [0.5, 0.6) is 5.75 Å². The number of carboxylic acids is 1. The molecular formula is C12H15BrO3. The fourth-order valence-corrected chi connectivity index (χ4v) is 2.19. The van der Waals surface area contributed by atoms with Gasteiger partial charge in [-0.25, -0.2) is 4.79 Å². The van der Waals surface area contributed by atoms with E-state index < -0.39 is 5.97 Å². The minimum absolute atomic E-state index is 0.0924. The predicted molar refractivity (Wildman–Crippen MR) is 66.4 cm³/mol. The van der Waals surface area contributed by atoms with Crippen molar-refractivity contribution in [3.05, 3.63) is 27.7 Å². The summed E-state index contributed by atoms with van der Waals surface area (Å²) >= 11 is 3.28. The third-order valence-corrected chi connectivity index (χ3v) is 3.13. The lowest BCUT2D eigenvalue weighted by atomic mass is 9.86. The number of rotatable bonds is 2. The van der Waals surface area contributed by atoms with Gasteiger partial charge in [-0.1, -0.05) is 26.8 Å². The predicted octanol–water partition coefficient (Wildman–Crippen LogP) is 3.45. The van der Waals surface area contributed by atoms with Crippen molar-refractivity contribution in [2.75, 3.05) is 7.11 Å². The minimum Gasteiger partial charge on any atom is -0.495 e. The number of methoxy groups -OCH3 is 1. The van der Waals surface area contributed by atoms with Crippen molar-refractivity contribution in [1.82, 2.24) is 0 Å². The Labute approximate surface area is 104 Å². The first-order valence-electron chi connectivity index (χ1n) is 4.89. The lowest BCUT2D eigenvalue weighted by Gasteiger charge is -2.23. The summed E-state index contributed by atoms with van der Waals surface area (Å²) in [5, 5.41) is 8.99.